The Bertz CT molecular complexity index is 782. The van der Waals surface area contributed by atoms with Gasteiger partial charge in [0.25, 0.3) is 5.56 Å². The second-order valence-electron chi connectivity index (χ2n) is 4.70. The van der Waals surface area contributed by atoms with E-state index in [1.807, 2.05) is 24.3 Å². The molecule has 0 spiro atoms. The number of aromatic nitrogens is 1. The molecule has 4 nitrogen and oxygen atoms in total. The average molecular weight is 280 g/mol. The fourth-order valence-electron chi connectivity index (χ4n) is 2.29. The van der Waals surface area contributed by atoms with Crippen LogP contribution >= 0.6 is 0 Å². The summed E-state index contributed by atoms with van der Waals surface area (Å²) in [5.74, 6) is 0.763. The number of H-pyrrole nitrogens is 1. The Kier molecular flexibility index (Phi) is 4.24. The van der Waals surface area contributed by atoms with Crippen LogP contribution in [0.4, 0.5) is 0 Å². The van der Waals surface area contributed by atoms with Crippen molar-refractivity contribution in [2.24, 2.45) is 0 Å². The molecule has 21 heavy (non-hydrogen) atoms. The summed E-state index contributed by atoms with van der Waals surface area (Å²) in [5, 5.41) is 9.21. The second kappa shape index (κ2) is 6.10. The van der Waals surface area contributed by atoms with Crippen LogP contribution in [0.2, 0.25) is 0 Å². The zero-order valence-corrected chi connectivity index (χ0v) is 12.1. The van der Waals surface area contributed by atoms with Crippen LogP contribution in [-0.2, 0) is 6.42 Å². The maximum absolute atomic E-state index is 11.9. The van der Waals surface area contributed by atoms with Gasteiger partial charge in [0.15, 0.2) is 0 Å². The number of methoxy groups -OCH3 is 1. The quantitative estimate of drug-likeness (QED) is 0.876. The lowest BCUT2D eigenvalue weighted by molar-refractivity contribution is 0.411. The molecular formula is C17H16N2O2. The maximum Gasteiger partial charge on any atom is 0.266 e. The molecule has 0 aliphatic carbocycles. The minimum absolute atomic E-state index is 0.121. The molecule has 0 aliphatic rings. The van der Waals surface area contributed by atoms with Crippen molar-refractivity contribution >= 4 is 0 Å². The van der Waals surface area contributed by atoms with Crippen LogP contribution in [0.3, 0.4) is 0 Å². The van der Waals surface area contributed by atoms with Crippen LogP contribution in [0.1, 0.15) is 16.8 Å². The van der Waals surface area contributed by atoms with Gasteiger partial charge in [0.1, 0.15) is 17.4 Å². The van der Waals surface area contributed by atoms with Crippen LogP contribution in [0.5, 0.6) is 5.75 Å². The highest BCUT2D eigenvalue weighted by atomic mass is 16.5. The summed E-state index contributed by atoms with van der Waals surface area (Å²) >= 11 is 0. The van der Waals surface area contributed by atoms with Crippen molar-refractivity contribution in [1.82, 2.24) is 4.98 Å². The third-order valence-electron chi connectivity index (χ3n) is 3.24. The number of ether oxygens (including phenoxy) is 1. The first kappa shape index (κ1) is 14.6. The van der Waals surface area contributed by atoms with Gasteiger partial charge in [-0.1, -0.05) is 12.1 Å². The van der Waals surface area contributed by atoms with Gasteiger partial charge in [0.05, 0.1) is 7.11 Å². The summed E-state index contributed by atoms with van der Waals surface area (Å²) in [5.41, 5.74) is 2.89. The Morgan fingerprint density at radius 1 is 1.43 bits per heavy atom. The number of allylic oxidation sites excluding steroid dienone is 1. The molecule has 1 aromatic carbocycles. The molecule has 0 radical (unpaired) electrons. The monoisotopic (exact) mass is 280 g/mol. The Balaban J connectivity index is 2.68. The fraction of sp³-hybridized carbons (Fsp3) is 0.176. The van der Waals surface area contributed by atoms with Crippen molar-refractivity contribution in [2.45, 2.75) is 13.3 Å². The Hall–Kier alpha value is -2.80. The van der Waals surface area contributed by atoms with Gasteiger partial charge in [-0.15, -0.1) is 6.58 Å². The van der Waals surface area contributed by atoms with Gasteiger partial charge in [-0.05, 0) is 42.7 Å². The molecule has 0 saturated carbocycles. The molecule has 1 N–H and O–H groups in total. The van der Waals surface area contributed by atoms with Gasteiger partial charge in [-0.25, -0.2) is 0 Å². The van der Waals surface area contributed by atoms with E-state index in [2.05, 4.69) is 11.6 Å². The number of pyridine rings is 1. The first-order valence-electron chi connectivity index (χ1n) is 6.53. The first-order chi connectivity index (χ1) is 10.1. The highest BCUT2D eigenvalue weighted by Crippen LogP contribution is 2.28. The van der Waals surface area contributed by atoms with Crippen molar-refractivity contribution in [1.29, 1.82) is 5.26 Å². The summed E-state index contributed by atoms with van der Waals surface area (Å²) in [7, 11) is 1.61. The zero-order valence-electron chi connectivity index (χ0n) is 12.1. The highest BCUT2D eigenvalue weighted by molar-refractivity contribution is 5.71. The molecule has 0 saturated heterocycles. The molecule has 4 heteroatoms. The molecule has 0 aliphatic heterocycles. The topological polar surface area (TPSA) is 65.9 Å². The van der Waals surface area contributed by atoms with E-state index in [1.54, 1.807) is 26.2 Å². The highest BCUT2D eigenvalue weighted by Gasteiger charge is 2.12. The molecule has 0 unspecified atom stereocenters. The van der Waals surface area contributed by atoms with Crippen LogP contribution in [0, 0.1) is 18.3 Å². The van der Waals surface area contributed by atoms with Crippen LogP contribution in [0.25, 0.3) is 11.1 Å². The van der Waals surface area contributed by atoms with E-state index < -0.39 is 0 Å². The molecular weight excluding hydrogens is 264 g/mol. The minimum atomic E-state index is -0.367. The summed E-state index contributed by atoms with van der Waals surface area (Å²) in [4.78, 5) is 14.5. The van der Waals surface area contributed by atoms with Crippen molar-refractivity contribution in [3.05, 3.63) is 64.1 Å². The molecule has 0 atom stereocenters. The molecule has 0 amide bonds. The number of hydrogen-bond acceptors (Lipinski definition) is 3. The van der Waals surface area contributed by atoms with Crippen molar-refractivity contribution in [3.63, 3.8) is 0 Å². The summed E-state index contributed by atoms with van der Waals surface area (Å²) in [6.45, 7) is 5.52. The van der Waals surface area contributed by atoms with E-state index in [9.17, 15) is 10.1 Å². The summed E-state index contributed by atoms with van der Waals surface area (Å²) in [6.07, 6.45) is 2.44. The van der Waals surface area contributed by atoms with Crippen LogP contribution in [-0.4, -0.2) is 12.1 Å². The number of rotatable bonds is 4. The molecule has 106 valence electrons. The normalized spacial score (nSPS) is 9.95. The lowest BCUT2D eigenvalue weighted by atomic mass is 9.97. The SMILES string of the molecule is C=CCc1cc(-c2cc(C)[nH]c(=O)c2C#N)ccc1OC. The Morgan fingerprint density at radius 2 is 2.19 bits per heavy atom. The van der Waals surface area contributed by atoms with E-state index in [1.165, 1.54) is 0 Å². The predicted molar refractivity (Wildman–Crippen MR) is 82.4 cm³/mol. The van der Waals surface area contributed by atoms with E-state index in [0.29, 0.717) is 12.0 Å². The standard InChI is InChI=1S/C17H16N2O2/c1-4-5-13-9-12(6-7-16(13)21-3)14-8-11(2)19-17(20)15(14)10-18/h4,6-9H,1,5H2,2-3H3,(H,19,20). The smallest absolute Gasteiger partial charge is 0.266 e. The lowest BCUT2D eigenvalue weighted by Crippen LogP contribution is -2.12. The average Bonchev–Trinajstić information content (AvgIpc) is 2.47. The Labute approximate surface area is 123 Å². The number of nitrogens with one attached hydrogen (secondary N) is 1. The lowest BCUT2D eigenvalue weighted by Gasteiger charge is -2.11. The molecule has 2 rings (SSSR count). The van der Waals surface area contributed by atoms with E-state index in [0.717, 1.165) is 22.6 Å². The minimum Gasteiger partial charge on any atom is -0.496 e. The van der Waals surface area contributed by atoms with Crippen molar-refractivity contribution in [3.8, 4) is 22.9 Å². The van der Waals surface area contributed by atoms with Crippen LogP contribution < -0.4 is 10.3 Å². The van der Waals surface area contributed by atoms with Gasteiger partial charge in [0.2, 0.25) is 0 Å². The Morgan fingerprint density at radius 3 is 2.81 bits per heavy atom. The van der Waals surface area contributed by atoms with Crippen LogP contribution in [0.15, 0.2) is 41.7 Å². The number of nitriles is 1. The maximum atomic E-state index is 11.9. The number of nitrogens with zero attached hydrogens (tertiary/aromatic N) is 1. The second-order valence-corrected chi connectivity index (χ2v) is 4.70. The van der Waals surface area contributed by atoms with Gasteiger partial charge in [-0.2, -0.15) is 5.26 Å². The molecule has 1 aromatic heterocycles. The predicted octanol–water partition coefficient (Wildman–Crippen LogP) is 2.96. The first-order valence-corrected chi connectivity index (χ1v) is 6.53. The number of benzene rings is 1. The van der Waals surface area contributed by atoms with Crippen molar-refractivity contribution in [2.75, 3.05) is 7.11 Å². The number of hydrogen-bond donors (Lipinski definition) is 1. The van der Waals surface area contributed by atoms with Gasteiger partial charge < -0.3 is 9.72 Å². The largest absolute Gasteiger partial charge is 0.496 e. The third-order valence-corrected chi connectivity index (χ3v) is 3.24. The number of aromatic amines is 1. The van der Waals surface area contributed by atoms with E-state index >= 15 is 0 Å². The number of aryl methyl sites for hydroxylation is 1. The van der Waals surface area contributed by atoms with E-state index in [4.69, 9.17) is 4.74 Å². The van der Waals surface area contributed by atoms with Gasteiger partial charge in [-0.3, -0.25) is 4.79 Å². The fourth-order valence-corrected chi connectivity index (χ4v) is 2.29. The summed E-state index contributed by atoms with van der Waals surface area (Å²) < 4.78 is 5.31. The van der Waals surface area contributed by atoms with Gasteiger partial charge >= 0.3 is 0 Å². The summed E-state index contributed by atoms with van der Waals surface area (Å²) in [6, 6.07) is 9.39. The molecule has 2 aromatic rings. The third kappa shape index (κ3) is 2.87. The van der Waals surface area contributed by atoms with Crippen molar-refractivity contribution < 1.29 is 4.74 Å². The molecule has 1 heterocycles. The zero-order chi connectivity index (χ0) is 15.4. The van der Waals surface area contributed by atoms with E-state index in [-0.39, 0.29) is 11.1 Å². The van der Waals surface area contributed by atoms with Gasteiger partial charge in [0, 0.05) is 11.3 Å². The molecule has 0 fully saturated rings. The molecule has 0 bridgehead atoms.